The normalized spacial score (nSPS) is 16.0. The Morgan fingerprint density at radius 2 is 2.00 bits per heavy atom. The molecule has 4 nitrogen and oxygen atoms in total. The lowest BCUT2D eigenvalue weighted by Gasteiger charge is -2.36. The number of halogens is 2. The van der Waals surface area contributed by atoms with Crippen LogP contribution in [0, 0.1) is 12.7 Å². The molecule has 1 aromatic heterocycles. The number of rotatable bonds is 3. The zero-order valence-electron chi connectivity index (χ0n) is 12.5. The monoisotopic (exact) mass is 320 g/mol. The molecule has 0 saturated carbocycles. The molecule has 116 valence electrons. The molecule has 1 aliphatic heterocycles. The average molecular weight is 321 g/mol. The van der Waals surface area contributed by atoms with Crippen molar-refractivity contribution < 1.29 is 4.39 Å². The van der Waals surface area contributed by atoms with E-state index in [2.05, 4.69) is 19.8 Å². The van der Waals surface area contributed by atoms with Gasteiger partial charge in [0.25, 0.3) is 0 Å². The van der Waals surface area contributed by atoms with Crippen molar-refractivity contribution in [1.82, 2.24) is 14.9 Å². The summed E-state index contributed by atoms with van der Waals surface area (Å²) in [4.78, 5) is 12.8. The Hall–Kier alpha value is -1.72. The van der Waals surface area contributed by atoms with Gasteiger partial charge in [0.05, 0.1) is 0 Å². The molecule has 0 bridgehead atoms. The van der Waals surface area contributed by atoms with Crippen molar-refractivity contribution in [3.63, 3.8) is 0 Å². The predicted octanol–water partition coefficient (Wildman–Crippen LogP) is 2.90. The molecule has 0 atom stereocenters. The largest absolute Gasteiger partial charge is 0.354 e. The van der Waals surface area contributed by atoms with Crippen LogP contribution < -0.4 is 4.90 Å². The van der Waals surface area contributed by atoms with Crippen LogP contribution in [0.2, 0.25) is 5.02 Å². The molecule has 0 amide bonds. The van der Waals surface area contributed by atoms with Gasteiger partial charge in [0, 0.05) is 55.1 Å². The number of nitrogens with zero attached hydrogens (tertiary/aromatic N) is 4. The number of hydrogen-bond donors (Lipinski definition) is 0. The first-order valence-electron chi connectivity index (χ1n) is 7.32. The quantitative estimate of drug-likeness (QED) is 0.870. The minimum Gasteiger partial charge on any atom is -0.354 e. The second-order valence-electron chi connectivity index (χ2n) is 5.49. The van der Waals surface area contributed by atoms with Gasteiger partial charge in [-0.15, -0.1) is 0 Å². The van der Waals surface area contributed by atoms with Crippen molar-refractivity contribution in [3.8, 4) is 0 Å². The number of piperazine rings is 1. The van der Waals surface area contributed by atoms with E-state index in [0.29, 0.717) is 17.1 Å². The average Bonchev–Trinajstić information content (AvgIpc) is 2.52. The van der Waals surface area contributed by atoms with Crippen LogP contribution >= 0.6 is 11.6 Å². The Labute approximate surface area is 134 Å². The number of aryl methyl sites for hydroxylation is 1. The van der Waals surface area contributed by atoms with Gasteiger partial charge in [-0.05, 0) is 19.1 Å². The lowest BCUT2D eigenvalue weighted by atomic mass is 10.1. The zero-order valence-corrected chi connectivity index (χ0v) is 13.2. The maximum Gasteiger partial charge on any atom is 0.134 e. The van der Waals surface area contributed by atoms with Crippen LogP contribution in [0.4, 0.5) is 10.2 Å². The van der Waals surface area contributed by atoms with Gasteiger partial charge < -0.3 is 4.90 Å². The van der Waals surface area contributed by atoms with Crippen LogP contribution in [0.1, 0.15) is 11.1 Å². The summed E-state index contributed by atoms with van der Waals surface area (Å²) < 4.78 is 13.9. The lowest BCUT2D eigenvalue weighted by molar-refractivity contribution is 0.246. The van der Waals surface area contributed by atoms with Crippen LogP contribution in [0.25, 0.3) is 0 Å². The number of aromatic nitrogens is 2. The molecule has 1 saturated heterocycles. The minimum atomic E-state index is -0.235. The van der Waals surface area contributed by atoms with Gasteiger partial charge in [0.1, 0.15) is 18.0 Å². The molecule has 1 aromatic carbocycles. The van der Waals surface area contributed by atoms with Crippen molar-refractivity contribution in [2.75, 3.05) is 31.1 Å². The fraction of sp³-hybridized carbons (Fsp3) is 0.375. The molecule has 3 rings (SSSR count). The highest BCUT2D eigenvalue weighted by Crippen LogP contribution is 2.22. The van der Waals surface area contributed by atoms with E-state index in [1.54, 1.807) is 18.5 Å². The molecule has 2 aromatic rings. The fourth-order valence-corrected chi connectivity index (χ4v) is 2.97. The fourth-order valence-electron chi connectivity index (χ4n) is 2.75. The number of anilines is 1. The van der Waals surface area contributed by atoms with Gasteiger partial charge in [-0.3, -0.25) is 4.90 Å². The van der Waals surface area contributed by atoms with Crippen LogP contribution in [0.3, 0.4) is 0 Å². The van der Waals surface area contributed by atoms with Crippen LogP contribution in [-0.2, 0) is 6.54 Å². The molecule has 0 N–H and O–H groups in total. The van der Waals surface area contributed by atoms with E-state index in [4.69, 9.17) is 11.6 Å². The second kappa shape index (κ2) is 6.58. The molecule has 0 spiro atoms. The summed E-state index contributed by atoms with van der Waals surface area (Å²) in [5.41, 5.74) is 1.66. The minimum absolute atomic E-state index is 0.235. The molecular weight excluding hydrogens is 303 g/mol. The van der Waals surface area contributed by atoms with E-state index >= 15 is 0 Å². The van der Waals surface area contributed by atoms with E-state index in [1.807, 2.05) is 13.1 Å². The summed E-state index contributed by atoms with van der Waals surface area (Å²) in [7, 11) is 0. The molecule has 0 radical (unpaired) electrons. The molecule has 22 heavy (non-hydrogen) atoms. The Balaban J connectivity index is 1.64. The third-order valence-corrected chi connectivity index (χ3v) is 4.34. The van der Waals surface area contributed by atoms with E-state index in [0.717, 1.165) is 37.6 Å². The maximum atomic E-state index is 13.9. The van der Waals surface area contributed by atoms with E-state index in [-0.39, 0.29) is 5.82 Å². The van der Waals surface area contributed by atoms with Gasteiger partial charge in [0.15, 0.2) is 0 Å². The maximum absolute atomic E-state index is 13.9. The van der Waals surface area contributed by atoms with Gasteiger partial charge in [-0.25, -0.2) is 14.4 Å². The van der Waals surface area contributed by atoms with Crippen molar-refractivity contribution in [1.29, 1.82) is 0 Å². The first-order chi connectivity index (χ1) is 10.6. The van der Waals surface area contributed by atoms with E-state index in [1.165, 1.54) is 6.07 Å². The Kier molecular flexibility index (Phi) is 4.55. The Morgan fingerprint density at radius 1 is 1.23 bits per heavy atom. The van der Waals surface area contributed by atoms with Crippen LogP contribution in [-0.4, -0.2) is 41.0 Å². The standard InChI is InChI=1S/C16H18ClFN4/c1-12-9-19-11-20-16(12)22-7-5-21(6-8-22)10-13-14(17)3-2-4-15(13)18/h2-4,9,11H,5-8,10H2,1H3. The highest BCUT2D eigenvalue weighted by atomic mass is 35.5. The zero-order chi connectivity index (χ0) is 15.5. The molecule has 2 heterocycles. The lowest BCUT2D eigenvalue weighted by Crippen LogP contribution is -2.46. The van der Waals surface area contributed by atoms with Gasteiger partial charge >= 0.3 is 0 Å². The SMILES string of the molecule is Cc1cncnc1N1CCN(Cc2c(F)cccc2Cl)CC1. The van der Waals surface area contributed by atoms with Crippen LogP contribution in [0.15, 0.2) is 30.7 Å². The molecule has 1 aliphatic rings. The van der Waals surface area contributed by atoms with Crippen molar-refractivity contribution in [2.24, 2.45) is 0 Å². The third kappa shape index (κ3) is 3.20. The summed E-state index contributed by atoms with van der Waals surface area (Å²) in [6.07, 6.45) is 3.40. The molecule has 6 heteroatoms. The van der Waals surface area contributed by atoms with Crippen molar-refractivity contribution in [3.05, 3.63) is 52.7 Å². The summed E-state index contributed by atoms with van der Waals surface area (Å²) in [6, 6.07) is 4.83. The first kappa shape index (κ1) is 15.2. The second-order valence-corrected chi connectivity index (χ2v) is 5.90. The highest BCUT2D eigenvalue weighted by molar-refractivity contribution is 6.31. The smallest absolute Gasteiger partial charge is 0.134 e. The molecule has 1 fully saturated rings. The van der Waals surface area contributed by atoms with E-state index in [9.17, 15) is 4.39 Å². The molecule has 0 unspecified atom stereocenters. The number of benzene rings is 1. The topological polar surface area (TPSA) is 32.3 Å². The van der Waals surface area contributed by atoms with Gasteiger partial charge in [-0.1, -0.05) is 17.7 Å². The first-order valence-corrected chi connectivity index (χ1v) is 7.70. The number of hydrogen-bond acceptors (Lipinski definition) is 4. The van der Waals surface area contributed by atoms with Crippen molar-refractivity contribution >= 4 is 17.4 Å². The van der Waals surface area contributed by atoms with E-state index < -0.39 is 0 Å². The summed E-state index contributed by atoms with van der Waals surface area (Å²) in [6.45, 7) is 6.00. The summed E-state index contributed by atoms with van der Waals surface area (Å²) in [5, 5.41) is 0.495. The molecule has 0 aliphatic carbocycles. The molecular formula is C16H18ClFN4. The highest BCUT2D eigenvalue weighted by Gasteiger charge is 2.21. The van der Waals surface area contributed by atoms with Gasteiger partial charge in [-0.2, -0.15) is 0 Å². The Morgan fingerprint density at radius 3 is 2.68 bits per heavy atom. The van der Waals surface area contributed by atoms with Crippen molar-refractivity contribution in [2.45, 2.75) is 13.5 Å². The summed E-state index contributed by atoms with van der Waals surface area (Å²) in [5.74, 6) is 0.750. The Bertz CT molecular complexity index is 636. The van der Waals surface area contributed by atoms with Crippen LogP contribution in [0.5, 0.6) is 0 Å². The summed E-state index contributed by atoms with van der Waals surface area (Å²) >= 11 is 6.10. The third-order valence-electron chi connectivity index (χ3n) is 3.98. The van der Waals surface area contributed by atoms with Gasteiger partial charge in [0.2, 0.25) is 0 Å². The predicted molar refractivity (Wildman–Crippen MR) is 85.7 cm³/mol.